The highest BCUT2D eigenvalue weighted by atomic mass is 32.2. The van der Waals surface area contributed by atoms with Crippen LogP contribution in [0.5, 0.6) is 5.75 Å². The third-order valence-corrected chi connectivity index (χ3v) is 5.56. The van der Waals surface area contributed by atoms with Crippen molar-refractivity contribution in [3.8, 4) is 5.75 Å². The largest absolute Gasteiger partial charge is 0.432 e. The van der Waals surface area contributed by atoms with E-state index >= 15 is 0 Å². The zero-order valence-electron chi connectivity index (χ0n) is 16.0. The molecule has 3 aromatic rings. The number of carbonyl (C=O) groups is 1. The maximum absolute atomic E-state index is 12.3. The highest BCUT2D eigenvalue weighted by molar-refractivity contribution is 7.87. The summed E-state index contributed by atoms with van der Waals surface area (Å²) in [6.07, 6.45) is 1.55. The zero-order valence-corrected chi connectivity index (χ0v) is 16.8. The van der Waals surface area contributed by atoms with Gasteiger partial charge in [-0.15, -0.1) is 0 Å². The lowest BCUT2D eigenvalue weighted by molar-refractivity contribution is -0.115. The Hall–Kier alpha value is -3.71. The SMILES string of the molecule is Cc1cccc(C2=NC(=O)/C(=C\c3ccc(OS(=O)(=O)c4ccccc4)cc3)O2)c1. The van der Waals surface area contributed by atoms with Crippen molar-refractivity contribution < 1.29 is 22.1 Å². The molecule has 0 unspecified atom stereocenters. The standard InChI is InChI=1S/C23H17NO5S/c1-16-6-5-7-18(14-16)23-24-22(25)21(28-23)15-17-10-12-19(13-11-17)29-30(26,27)20-8-3-2-4-9-20/h2-15H,1H3/b21-15+. The fraction of sp³-hybridized carbons (Fsp3) is 0.0435. The maximum Gasteiger partial charge on any atom is 0.339 e. The van der Waals surface area contributed by atoms with Crippen molar-refractivity contribution in [2.75, 3.05) is 0 Å². The number of nitrogens with zero attached hydrogens (tertiary/aromatic N) is 1. The van der Waals surface area contributed by atoms with Gasteiger partial charge in [0.25, 0.3) is 0 Å². The number of rotatable bonds is 5. The number of hydrogen-bond donors (Lipinski definition) is 0. The number of aryl methyl sites for hydroxylation is 1. The molecule has 0 aromatic heterocycles. The summed E-state index contributed by atoms with van der Waals surface area (Å²) in [6.45, 7) is 1.94. The number of hydrogen-bond acceptors (Lipinski definition) is 5. The van der Waals surface area contributed by atoms with Crippen molar-refractivity contribution in [1.82, 2.24) is 0 Å². The Bertz CT molecular complexity index is 1260. The van der Waals surface area contributed by atoms with Crippen LogP contribution in [0.4, 0.5) is 0 Å². The molecule has 0 N–H and O–H groups in total. The van der Waals surface area contributed by atoms with Gasteiger partial charge in [-0.1, -0.05) is 48.0 Å². The van der Waals surface area contributed by atoms with Crippen molar-refractivity contribution in [2.45, 2.75) is 11.8 Å². The van der Waals surface area contributed by atoms with E-state index in [1.54, 1.807) is 36.4 Å². The van der Waals surface area contributed by atoms with Gasteiger partial charge in [0.05, 0.1) is 0 Å². The van der Waals surface area contributed by atoms with Gasteiger partial charge in [-0.3, -0.25) is 4.79 Å². The van der Waals surface area contributed by atoms with E-state index in [4.69, 9.17) is 8.92 Å². The molecule has 0 bridgehead atoms. The summed E-state index contributed by atoms with van der Waals surface area (Å²) < 4.78 is 35.4. The highest BCUT2D eigenvalue weighted by Crippen LogP contribution is 2.23. The van der Waals surface area contributed by atoms with Gasteiger partial charge in [0.15, 0.2) is 5.76 Å². The van der Waals surface area contributed by atoms with Gasteiger partial charge < -0.3 is 8.92 Å². The molecule has 6 nitrogen and oxygen atoms in total. The molecule has 1 aliphatic heterocycles. The molecular weight excluding hydrogens is 402 g/mol. The zero-order chi connectivity index (χ0) is 21.1. The molecule has 1 heterocycles. The Morgan fingerprint density at radius 1 is 0.933 bits per heavy atom. The molecule has 3 aromatic carbocycles. The molecule has 30 heavy (non-hydrogen) atoms. The third kappa shape index (κ3) is 4.31. The third-order valence-electron chi connectivity index (χ3n) is 4.30. The second-order valence-electron chi connectivity index (χ2n) is 6.62. The molecule has 0 aliphatic carbocycles. The molecule has 4 rings (SSSR count). The average Bonchev–Trinajstić information content (AvgIpc) is 3.10. The summed E-state index contributed by atoms with van der Waals surface area (Å²) in [6, 6.07) is 21.7. The first-order valence-electron chi connectivity index (χ1n) is 9.10. The van der Waals surface area contributed by atoms with Crippen molar-refractivity contribution in [2.24, 2.45) is 4.99 Å². The van der Waals surface area contributed by atoms with Crippen LogP contribution in [-0.4, -0.2) is 20.2 Å². The summed E-state index contributed by atoms with van der Waals surface area (Å²) in [4.78, 5) is 16.2. The number of ether oxygens (including phenoxy) is 1. The van der Waals surface area contributed by atoms with E-state index in [0.29, 0.717) is 5.56 Å². The molecule has 7 heteroatoms. The smallest absolute Gasteiger partial charge is 0.339 e. The van der Waals surface area contributed by atoms with E-state index in [1.165, 1.54) is 24.3 Å². The van der Waals surface area contributed by atoms with E-state index in [0.717, 1.165) is 11.1 Å². The van der Waals surface area contributed by atoms with E-state index in [-0.39, 0.29) is 22.3 Å². The fourth-order valence-corrected chi connectivity index (χ4v) is 3.79. The number of amides is 1. The summed E-state index contributed by atoms with van der Waals surface area (Å²) in [7, 11) is -3.91. The van der Waals surface area contributed by atoms with Crippen LogP contribution in [0.25, 0.3) is 6.08 Å². The summed E-state index contributed by atoms with van der Waals surface area (Å²) in [5.41, 5.74) is 2.40. The quantitative estimate of drug-likeness (QED) is 0.459. The van der Waals surface area contributed by atoms with Gasteiger partial charge in [0, 0.05) is 5.56 Å². The lowest BCUT2D eigenvalue weighted by Gasteiger charge is -2.07. The molecule has 0 saturated heterocycles. The van der Waals surface area contributed by atoms with Crippen molar-refractivity contribution in [3.05, 3.63) is 101 Å². The molecule has 0 saturated carbocycles. The van der Waals surface area contributed by atoms with Crippen LogP contribution in [0.1, 0.15) is 16.7 Å². The molecule has 150 valence electrons. The van der Waals surface area contributed by atoms with Gasteiger partial charge in [-0.2, -0.15) is 13.4 Å². The Morgan fingerprint density at radius 2 is 1.67 bits per heavy atom. The first-order chi connectivity index (χ1) is 14.4. The normalized spacial score (nSPS) is 15.0. The first kappa shape index (κ1) is 19.6. The Labute approximate surface area is 174 Å². The van der Waals surface area contributed by atoms with Crippen LogP contribution >= 0.6 is 0 Å². The summed E-state index contributed by atoms with van der Waals surface area (Å²) >= 11 is 0. The van der Waals surface area contributed by atoms with Crippen molar-refractivity contribution >= 4 is 28.0 Å². The fourth-order valence-electron chi connectivity index (χ4n) is 2.84. The second kappa shape index (κ2) is 7.96. The number of aliphatic imine (C=N–C) groups is 1. The minimum Gasteiger partial charge on any atom is -0.432 e. The Balaban J connectivity index is 1.49. The van der Waals surface area contributed by atoms with Crippen LogP contribution in [0, 0.1) is 6.92 Å². The lowest BCUT2D eigenvalue weighted by atomic mass is 10.1. The predicted molar refractivity (Wildman–Crippen MR) is 112 cm³/mol. The van der Waals surface area contributed by atoms with Crippen LogP contribution in [0.15, 0.2) is 94.5 Å². The van der Waals surface area contributed by atoms with E-state index in [2.05, 4.69) is 4.99 Å². The van der Waals surface area contributed by atoms with Gasteiger partial charge in [0.2, 0.25) is 5.90 Å². The minimum atomic E-state index is -3.91. The summed E-state index contributed by atoms with van der Waals surface area (Å²) in [5.74, 6) is 0.0378. The van der Waals surface area contributed by atoms with Crippen LogP contribution in [-0.2, 0) is 19.6 Å². The van der Waals surface area contributed by atoms with E-state index < -0.39 is 16.0 Å². The van der Waals surface area contributed by atoms with Crippen molar-refractivity contribution in [3.63, 3.8) is 0 Å². The Kier molecular flexibility index (Phi) is 5.20. The van der Waals surface area contributed by atoms with Crippen molar-refractivity contribution in [1.29, 1.82) is 0 Å². The Morgan fingerprint density at radius 3 is 2.37 bits per heavy atom. The van der Waals surface area contributed by atoms with Crippen LogP contribution in [0.3, 0.4) is 0 Å². The first-order valence-corrected chi connectivity index (χ1v) is 10.5. The number of benzene rings is 3. The van der Waals surface area contributed by atoms with Gasteiger partial charge in [-0.25, -0.2) is 0 Å². The number of carbonyl (C=O) groups excluding carboxylic acids is 1. The van der Waals surface area contributed by atoms with Gasteiger partial charge >= 0.3 is 16.0 Å². The molecule has 0 fully saturated rings. The molecule has 1 aliphatic rings. The summed E-state index contributed by atoms with van der Waals surface area (Å²) in [5, 5.41) is 0. The second-order valence-corrected chi connectivity index (χ2v) is 8.17. The topological polar surface area (TPSA) is 82.0 Å². The molecule has 0 spiro atoms. The van der Waals surface area contributed by atoms with Crippen LogP contribution < -0.4 is 4.18 Å². The molecular formula is C23H17NO5S. The van der Waals surface area contributed by atoms with Gasteiger partial charge in [0.1, 0.15) is 10.6 Å². The molecule has 0 atom stereocenters. The van der Waals surface area contributed by atoms with E-state index in [9.17, 15) is 13.2 Å². The monoisotopic (exact) mass is 419 g/mol. The van der Waals surface area contributed by atoms with E-state index in [1.807, 2.05) is 31.2 Å². The maximum atomic E-state index is 12.3. The predicted octanol–water partition coefficient (Wildman–Crippen LogP) is 4.11. The average molecular weight is 419 g/mol. The highest BCUT2D eigenvalue weighted by Gasteiger charge is 2.24. The molecule has 1 amide bonds. The van der Waals surface area contributed by atoms with Gasteiger partial charge in [-0.05, 0) is 55.0 Å². The van der Waals surface area contributed by atoms with Crippen LogP contribution in [0.2, 0.25) is 0 Å². The lowest BCUT2D eigenvalue weighted by Crippen LogP contribution is -2.09. The molecule has 0 radical (unpaired) electrons. The minimum absolute atomic E-state index is 0.0713.